The second-order valence-electron chi connectivity index (χ2n) is 12.5. The number of hydrogen-bond donors (Lipinski definition) is 0. The summed E-state index contributed by atoms with van der Waals surface area (Å²) < 4.78 is 0. The van der Waals surface area contributed by atoms with Gasteiger partial charge in [0.05, 0.1) is 22.4 Å². The van der Waals surface area contributed by atoms with Crippen molar-refractivity contribution in [3.8, 4) is 56.4 Å². The Kier molecular flexibility index (Phi) is 7.34. The highest BCUT2D eigenvalue weighted by Crippen LogP contribution is 2.39. The van der Waals surface area contributed by atoms with Crippen molar-refractivity contribution in [2.45, 2.75) is 27.7 Å². The molecule has 0 spiro atoms. The number of fused-ring (bicyclic) bond motifs is 2. The fourth-order valence-electron chi connectivity index (χ4n) is 6.72. The molecule has 0 saturated heterocycles. The first-order chi connectivity index (χ1) is 23.4. The monoisotopic (exact) mass is 618 g/mol. The molecule has 8 aromatic rings. The van der Waals surface area contributed by atoms with Crippen LogP contribution in [0.25, 0.3) is 78.2 Å². The summed E-state index contributed by atoms with van der Waals surface area (Å²) in [5.74, 6) is 1.47. The highest BCUT2D eigenvalue weighted by molar-refractivity contribution is 5.97. The Morgan fingerprint density at radius 2 is 0.667 bits per heavy atom. The fourth-order valence-corrected chi connectivity index (χ4v) is 6.72. The molecular weight excluding hydrogens is 585 g/mol. The normalized spacial score (nSPS) is 11.3. The van der Waals surface area contributed by atoms with Gasteiger partial charge in [0.25, 0.3) is 0 Å². The quantitative estimate of drug-likeness (QED) is 0.193. The van der Waals surface area contributed by atoms with Crippen molar-refractivity contribution in [2.24, 2.45) is 0 Å². The van der Waals surface area contributed by atoms with Crippen molar-refractivity contribution in [3.05, 3.63) is 156 Å². The molecule has 48 heavy (non-hydrogen) atoms. The smallest absolute Gasteiger partial charge is 0.160 e. The summed E-state index contributed by atoms with van der Waals surface area (Å²) in [6.07, 6.45) is 0. The maximum atomic E-state index is 5.15. The van der Waals surface area contributed by atoms with E-state index in [0.29, 0.717) is 0 Å². The number of benzene rings is 6. The largest absolute Gasteiger partial charge is 0.228 e. The van der Waals surface area contributed by atoms with E-state index in [1.165, 1.54) is 33.4 Å². The van der Waals surface area contributed by atoms with Gasteiger partial charge in [0, 0.05) is 33.0 Å². The van der Waals surface area contributed by atoms with Crippen LogP contribution in [0.5, 0.6) is 0 Å². The van der Waals surface area contributed by atoms with E-state index < -0.39 is 0 Å². The molecule has 0 fully saturated rings. The molecular formula is C44H34N4. The maximum absolute atomic E-state index is 5.15. The average Bonchev–Trinajstić information content (AvgIpc) is 3.13. The minimum absolute atomic E-state index is 0.736. The van der Waals surface area contributed by atoms with Crippen LogP contribution in [0, 0.1) is 27.7 Å². The standard InChI is InChI=1S/C44H34N4/c1-27-25-37(41-33-19-11-13-21-39(33)45-43(47-41)31-15-7-5-8-16-31)29(3)23-35(27)36-24-30(4)38(26-28(36)2)42-34-20-12-14-22-40(34)46-44(48-42)32-17-9-6-10-18-32/h5-26H,1-4H3. The molecule has 0 radical (unpaired) electrons. The predicted octanol–water partition coefficient (Wildman–Crippen LogP) is 11.1. The average molecular weight is 619 g/mol. The maximum Gasteiger partial charge on any atom is 0.160 e. The molecule has 8 rings (SSSR count). The van der Waals surface area contributed by atoms with Crippen molar-refractivity contribution in [2.75, 3.05) is 0 Å². The van der Waals surface area contributed by atoms with Crippen molar-refractivity contribution >= 4 is 21.8 Å². The van der Waals surface area contributed by atoms with Gasteiger partial charge >= 0.3 is 0 Å². The molecule has 6 aromatic carbocycles. The Bertz CT molecular complexity index is 2310. The van der Waals surface area contributed by atoms with Gasteiger partial charge in [-0.1, -0.05) is 109 Å². The summed E-state index contributed by atoms with van der Waals surface area (Å²) >= 11 is 0. The zero-order chi connectivity index (χ0) is 32.8. The van der Waals surface area contributed by atoms with Crippen LogP contribution in [0.3, 0.4) is 0 Å². The number of nitrogens with zero attached hydrogens (tertiary/aromatic N) is 4. The summed E-state index contributed by atoms with van der Waals surface area (Å²) in [6, 6.07) is 46.2. The molecule has 230 valence electrons. The molecule has 0 unspecified atom stereocenters. The minimum Gasteiger partial charge on any atom is -0.228 e. The van der Waals surface area contributed by atoms with Crippen LogP contribution < -0.4 is 0 Å². The summed E-state index contributed by atoms with van der Waals surface area (Å²) in [7, 11) is 0. The number of hydrogen-bond acceptors (Lipinski definition) is 4. The van der Waals surface area contributed by atoms with Crippen molar-refractivity contribution in [1.82, 2.24) is 19.9 Å². The van der Waals surface area contributed by atoms with E-state index in [4.69, 9.17) is 19.9 Å². The van der Waals surface area contributed by atoms with Gasteiger partial charge in [-0.25, -0.2) is 19.9 Å². The van der Waals surface area contributed by atoms with Crippen LogP contribution in [-0.4, -0.2) is 19.9 Å². The minimum atomic E-state index is 0.736. The lowest BCUT2D eigenvalue weighted by atomic mass is 9.88. The zero-order valence-corrected chi connectivity index (χ0v) is 27.5. The summed E-state index contributed by atoms with van der Waals surface area (Å²) in [5, 5.41) is 2.10. The Morgan fingerprint density at radius 3 is 1.08 bits per heavy atom. The van der Waals surface area contributed by atoms with Gasteiger partial charge in [0.15, 0.2) is 11.6 Å². The molecule has 2 aromatic heterocycles. The molecule has 0 bridgehead atoms. The highest BCUT2D eigenvalue weighted by atomic mass is 14.9. The number of para-hydroxylation sites is 2. The Labute approximate surface area is 280 Å². The second kappa shape index (κ2) is 12.0. The van der Waals surface area contributed by atoms with E-state index in [1.54, 1.807) is 0 Å². The van der Waals surface area contributed by atoms with Crippen molar-refractivity contribution < 1.29 is 0 Å². The van der Waals surface area contributed by atoms with Gasteiger partial charge in [-0.2, -0.15) is 0 Å². The van der Waals surface area contributed by atoms with Crippen molar-refractivity contribution in [1.29, 1.82) is 0 Å². The van der Waals surface area contributed by atoms with E-state index in [9.17, 15) is 0 Å². The molecule has 0 aliphatic heterocycles. The molecule has 4 heteroatoms. The number of rotatable bonds is 5. The van der Waals surface area contributed by atoms with Crippen LogP contribution in [0.1, 0.15) is 22.3 Å². The molecule has 0 atom stereocenters. The van der Waals surface area contributed by atoms with E-state index in [2.05, 4.69) is 113 Å². The molecule has 0 amide bonds. The van der Waals surface area contributed by atoms with Crippen molar-refractivity contribution in [3.63, 3.8) is 0 Å². The summed E-state index contributed by atoms with van der Waals surface area (Å²) in [5.41, 5.74) is 15.3. The zero-order valence-electron chi connectivity index (χ0n) is 27.5. The first kappa shape index (κ1) is 29.4. The summed E-state index contributed by atoms with van der Waals surface area (Å²) in [6.45, 7) is 8.77. The molecule has 0 aliphatic rings. The predicted molar refractivity (Wildman–Crippen MR) is 199 cm³/mol. The van der Waals surface area contributed by atoms with Crippen LogP contribution in [0.2, 0.25) is 0 Å². The molecule has 0 N–H and O–H groups in total. The lowest BCUT2D eigenvalue weighted by Crippen LogP contribution is -1.99. The van der Waals surface area contributed by atoms with E-state index in [-0.39, 0.29) is 0 Å². The second-order valence-corrected chi connectivity index (χ2v) is 12.5. The van der Waals surface area contributed by atoms with Gasteiger partial charge in [-0.15, -0.1) is 0 Å². The summed E-state index contributed by atoms with van der Waals surface area (Å²) in [4.78, 5) is 20.2. The highest BCUT2D eigenvalue weighted by Gasteiger charge is 2.19. The third-order valence-corrected chi connectivity index (χ3v) is 9.21. The Morgan fingerprint density at radius 1 is 0.333 bits per heavy atom. The third-order valence-electron chi connectivity index (χ3n) is 9.21. The van der Waals surface area contributed by atoms with Crippen LogP contribution in [0.15, 0.2) is 133 Å². The van der Waals surface area contributed by atoms with Gasteiger partial charge < -0.3 is 0 Å². The van der Waals surface area contributed by atoms with E-state index in [0.717, 1.165) is 67.1 Å². The number of aryl methyl sites for hydroxylation is 4. The van der Waals surface area contributed by atoms with E-state index >= 15 is 0 Å². The van der Waals surface area contributed by atoms with Crippen LogP contribution >= 0.6 is 0 Å². The fraction of sp³-hybridized carbons (Fsp3) is 0.0909. The molecule has 2 heterocycles. The number of aromatic nitrogens is 4. The first-order valence-corrected chi connectivity index (χ1v) is 16.3. The SMILES string of the molecule is Cc1cc(-c2nc(-c3ccccc3)nc3ccccc23)c(C)cc1-c1cc(C)c(-c2nc(-c3ccccc3)nc3ccccc23)cc1C. The molecule has 0 saturated carbocycles. The Hall–Kier alpha value is -6.00. The first-order valence-electron chi connectivity index (χ1n) is 16.3. The third kappa shape index (κ3) is 5.22. The topological polar surface area (TPSA) is 51.6 Å². The van der Waals surface area contributed by atoms with E-state index in [1.807, 2.05) is 48.5 Å². The van der Waals surface area contributed by atoms with Gasteiger partial charge in [0.2, 0.25) is 0 Å². The van der Waals surface area contributed by atoms with Gasteiger partial charge in [0.1, 0.15) is 0 Å². The Balaban J connectivity index is 1.25. The van der Waals surface area contributed by atoms with Gasteiger partial charge in [-0.05, 0) is 85.3 Å². The molecule has 4 nitrogen and oxygen atoms in total. The van der Waals surface area contributed by atoms with Crippen LogP contribution in [-0.2, 0) is 0 Å². The molecule has 0 aliphatic carbocycles. The van der Waals surface area contributed by atoms with Gasteiger partial charge in [-0.3, -0.25) is 0 Å². The lowest BCUT2D eigenvalue weighted by molar-refractivity contribution is 1.22. The van der Waals surface area contributed by atoms with Crippen LogP contribution in [0.4, 0.5) is 0 Å². The lowest BCUT2D eigenvalue weighted by Gasteiger charge is -2.18.